The van der Waals surface area contributed by atoms with Gasteiger partial charge in [-0.2, -0.15) is 16.1 Å². The Hall–Kier alpha value is -2.36. The van der Waals surface area contributed by atoms with Crippen molar-refractivity contribution in [1.82, 2.24) is 14.5 Å². The van der Waals surface area contributed by atoms with Gasteiger partial charge in [0.1, 0.15) is 6.04 Å². The molecular weight excluding hydrogens is 458 g/mol. The number of thioether (sulfide) groups is 1. The summed E-state index contributed by atoms with van der Waals surface area (Å²) in [6.45, 7) is 4.86. The van der Waals surface area contributed by atoms with Gasteiger partial charge in [-0.05, 0) is 56.5 Å². The van der Waals surface area contributed by atoms with Crippen LogP contribution in [-0.4, -0.2) is 73.7 Å². The number of hydrogen-bond acceptors (Lipinski definition) is 5. The van der Waals surface area contributed by atoms with Gasteiger partial charge in [-0.1, -0.05) is 35.4 Å². The lowest BCUT2D eigenvalue weighted by Gasteiger charge is -2.36. The summed E-state index contributed by atoms with van der Waals surface area (Å²) in [5.41, 5.74) is 2.49. The molecule has 3 rings (SSSR count). The Morgan fingerprint density at radius 3 is 2.27 bits per heavy atom. The Balaban J connectivity index is 1.65. The number of sulfonamides is 1. The third-order valence-corrected chi connectivity index (χ3v) is 8.26. The highest BCUT2D eigenvalue weighted by Crippen LogP contribution is 2.19. The zero-order valence-corrected chi connectivity index (χ0v) is 20.9. The van der Waals surface area contributed by atoms with Crippen LogP contribution in [0, 0.1) is 13.8 Å². The van der Waals surface area contributed by atoms with Crippen molar-refractivity contribution < 1.29 is 18.0 Å². The number of amides is 2. The SMILES string of the molecule is CSCC[C@H](NC(=O)c1cccc(C)c1)C(=O)N1CCN(S(=O)(=O)c2ccc(C)cc2)CC1. The molecule has 1 saturated heterocycles. The van der Waals surface area contributed by atoms with E-state index in [1.165, 1.54) is 4.31 Å². The van der Waals surface area contributed by atoms with Crippen LogP contribution < -0.4 is 5.32 Å². The second-order valence-electron chi connectivity index (χ2n) is 8.22. The first-order valence-electron chi connectivity index (χ1n) is 10.9. The van der Waals surface area contributed by atoms with Gasteiger partial charge in [0.2, 0.25) is 15.9 Å². The minimum Gasteiger partial charge on any atom is -0.340 e. The number of hydrogen-bond donors (Lipinski definition) is 1. The summed E-state index contributed by atoms with van der Waals surface area (Å²) in [7, 11) is -3.60. The molecular formula is C24H31N3O4S2. The number of aryl methyl sites for hydroxylation is 2. The first kappa shape index (κ1) is 25.3. The van der Waals surface area contributed by atoms with Crippen LogP contribution in [0.4, 0.5) is 0 Å². The monoisotopic (exact) mass is 489 g/mol. The largest absolute Gasteiger partial charge is 0.340 e. The van der Waals surface area contributed by atoms with Gasteiger partial charge in [-0.25, -0.2) is 8.42 Å². The zero-order chi connectivity index (χ0) is 24.0. The van der Waals surface area contributed by atoms with E-state index < -0.39 is 16.1 Å². The molecule has 1 fully saturated rings. The summed E-state index contributed by atoms with van der Waals surface area (Å²) in [6.07, 6.45) is 2.47. The maximum Gasteiger partial charge on any atom is 0.251 e. The smallest absolute Gasteiger partial charge is 0.251 e. The molecule has 1 atom stereocenters. The molecule has 0 saturated carbocycles. The minimum absolute atomic E-state index is 0.169. The second kappa shape index (κ2) is 11.2. The highest BCUT2D eigenvalue weighted by atomic mass is 32.2. The number of carbonyl (C=O) groups excluding carboxylic acids is 2. The van der Waals surface area contributed by atoms with Crippen LogP contribution in [-0.2, 0) is 14.8 Å². The predicted octanol–water partition coefficient (Wildman–Crippen LogP) is 2.69. The van der Waals surface area contributed by atoms with E-state index in [9.17, 15) is 18.0 Å². The highest BCUT2D eigenvalue weighted by Gasteiger charge is 2.33. The lowest BCUT2D eigenvalue weighted by molar-refractivity contribution is -0.134. The summed E-state index contributed by atoms with van der Waals surface area (Å²) >= 11 is 1.61. The van der Waals surface area contributed by atoms with Gasteiger partial charge in [0, 0.05) is 31.7 Å². The fraction of sp³-hybridized carbons (Fsp3) is 0.417. The van der Waals surface area contributed by atoms with Crippen LogP contribution in [0.25, 0.3) is 0 Å². The Morgan fingerprint density at radius 1 is 1.00 bits per heavy atom. The molecule has 0 unspecified atom stereocenters. The number of piperazine rings is 1. The van der Waals surface area contributed by atoms with Crippen molar-refractivity contribution in [1.29, 1.82) is 0 Å². The van der Waals surface area contributed by atoms with Gasteiger partial charge >= 0.3 is 0 Å². The van der Waals surface area contributed by atoms with Gasteiger partial charge in [0.05, 0.1) is 4.90 Å². The summed E-state index contributed by atoms with van der Waals surface area (Å²) in [6, 6.07) is 13.4. The standard InChI is InChI=1S/C24H31N3O4S2/c1-18-7-9-21(10-8-18)33(30,31)27-14-12-26(13-15-27)24(29)22(11-16-32-3)25-23(28)20-6-4-5-19(2)17-20/h4-10,17,22H,11-16H2,1-3H3,(H,25,28)/t22-/m0/s1. The van der Waals surface area contributed by atoms with Gasteiger partial charge in [0.25, 0.3) is 5.91 Å². The maximum absolute atomic E-state index is 13.2. The van der Waals surface area contributed by atoms with E-state index in [2.05, 4.69) is 5.32 Å². The number of nitrogens with one attached hydrogen (secondary N) is 1. The van der Waals surface area contributed by atoms with Crippen molar-refractivity contribution >= 4 is 33.6 Å². The van der Waals surface area contributed by atoms with Crippen molar-refractivity contribution in [2.45, 2.75) is 31.2 Å². The van der Waals surface area contributed by atoms with Gasteiger partial charge in [-0.15, -0.1) is 0 Å². The van der Waals surface area contributed by atoms with Crippen LogP contribution in [0.1, 0.15) is 27.9 Å². The van der Waals surface area contributed by atoms with E-state index in [0.717, 1.165) is 16.9 Å². The van der Waals surface area contributed by atoms with Gasteiger partial charge in [-0.3, -0.25) is 9.59 Å². The molecule has 1 aliphatic rings. The van der Waals surface area contributed by atoms with Crippen LogP contribution in [0.15, 0.2) is 53.4 Å². The second-order valence-corrected chi connectivity index (χ2v) is 11.1. The molecule has 178 valence electrons. The minimum atomic E-state index is -3.60. The lowest BCUT2D eigenvalue weighted by Crippen LogP contribution is -2.55. The molecule has 2 aromatic carbocycles. The van der Waals surface area contributed by atoms with Crippen LogP contribution in [0.2, 0.25) is 0 Å². The summed E-state index contributed by atoms with van der Waals surface area (Å²) < 4.78 is 27.3. The lowest BCUT2D eigenvalue weighted by atomic mass is 10.1. The molecule has 2 amide bonds. The Bertz CT molecular complexity index is 1080. The molecule has 0 aromatic heterocycles. The zero-order valence-electron chi connectivity index (χ0n) is 19.3. The van der Waals surface area contributed by atoms with E-state index in [1.54, 1.807) is 53.1 Å². The first-order valence-corrected chi connectivity index (χ1v) is 13.8. The van der Waals surface area contributed by atoms with Crippen molar-refractivity contribution in [3.8, 4) is 0 Å². The highest BCUT2D eigenvalue weighted by molar-refractivity contribution is 7.98. The van der Waals surface area contributed by atoms with E-state index >= 15 is 0 Å². The predicted molar refractivity (Wildman–Crippen MR) is 132 cm³/mol. The normalized spacial score (nSPS) is 15.8. The number of carbonyl (C=O) groups is 2. The van der Waals surface area contributed by atoms with E-state index in [4.69, 9.17) is 0 Å². The van der Waals surface area contributed by atoms with Gasteiger partial charge < -0.3 is 10.2 Å². The number of nitrogens with zero attached hydrogens (tertiary/aromatic N) is 2. The summed E-state index contributed by atoms with van der Waals surface area (Å²) in [4.78, 5) is 27.9. The molecule has 0 aliphatic carbocycles. The summed E-state index contributed by atoms with van der Waals surface area (Å²) in [5, 5.41) is 2.89. The molecule has 1 aliphatic heterocycles. The number of benzene rings is 2. The average molecular weight is 490 g/mol. The Labute approximate surface area is 200 Å². The fourth-order valence-electron chi connectivity index (χ4n) is 3.75. The molecule has 0 spiro atoms. The van der Waals surface area contributed by atoms with Crippen LogP contribution in [0.5, 0.6) is 0 Å². The van der Waals surface area contributed by atoms with Crippen molar-refractivity contribution in [2.24, 2.45) is 0 Å². The Kier molecular flexibility index (Phi) is 8.56. The Morgan fingerprint density at radius 2 is 1.67 bits per heavy atom. The van der Waals surface area contributed by atoms with E-state index in [0.29, 0.717) is 25.1 Å². The van der Waals surface area contributed by atoms with E-state index in [-0.39, 0.29) is 29.8 Å². The molecule has 0 radical (unpaired) electrons. The van der Waals surface area contributed by atoms with Crippen LogP contribution in [0.3, 0.4) is 0 Å². The van der Waals surface area contributed by atoms with Crippen molar-refractivity contribution in [3.05, 3.63) is 65.2 Å². The molecule has 2 aromatic rings. The molecule has 7 nitrogen and oxygen atoms in total. The average Bonchev–Trinajstić information content (AvgIpc) is 2.81. The molecule has 1 heterocycles. The third kappa shape index (κ3) is 6.37. The topological polar surface area (TPSA) is 86.8 Å². The third-order valence-electron chi connectivity index (χ3n) is 5.70. The van der Waals surface area contributed by atoms with Gasteiger partial charge in [0.15, 0.2) is 0 Å². The van der Waals surface area contributed by atoms with E-state index in [1.807, 2.05) is 32.2 Å². The van der Waals surface area contributed by atoms with Crippen LogP contribution >= 0.6 is 11.8 Å². The summed E-state index contributed by atoms with van der Waals surface area (Å²) in [5.74, 6) is 0.280. The molecule has 1 N–H and O–H groups in total. The quantitative estimate of drug-likeness (QED) is 0.616. The first-order chi connectivity index (χ1) is 15.7. The molecule has 0 bridgehead atoms. The fourth-order valence-corrected chi connectivity index (χ4v) is 5.64. The van der Waals surface area contributed by atoms with Crippen molar-refractivity contribution in [3.63, 3.8) is 0 Å². The molecule has 33 heavy (non-hydrogen) atoms. The molecule has 9 heteroatoms. The number of rotatable bonds is 8. The van der Waals surface area contributed by atoms with Crippen molar-refractivity contribution in [2.75, 3.05) is 38.2 Å². The maximum atomic E-state index is 13.2.